The molecule has 1 aromatic heterocycles. The molecule has 1 saturated heterocycles. The zero-order valence-corrected chi connectivity index (χ0v) is 20.2. The lowest BCUT2D eigenvalue weighted by Gasteiger charge is -2.26. The molecule has 1 aromatic carbocycles. The first-order valence-electron chi connectivity index (χ1n) is 11.5. The number of nitrogens with zero attached hydrogens (tertiary/aromatic N) is 4. The molecule has 1 aliphatic rings. The molecule has 9 heteroatoms. The Hall–Kier alpha value is -3.07. The monoisotopic (exact) mass is 457 g/mol. The minimum absolute atomic E-state index is 0.239. The summed E-state index contributed by atoms with van der Waals surface area (Å²) in [6.07, 6.45) is 0.448. The quantitative estimate of drug-likeness (QED) is 0.720. The predicted molar refractivity (Wildman–Crippen MR) is 128 cm³/mol. The number of hydrogen-bond acceptors (Lipinski definition) is 5. The van der Waals surface area contributed by atoms with E-state index in [4.69, 9.17) is 4.74 Å². The topological polar surface area (TPSA) is 88.8 Å². The number of rotatable bonds is 6. The predicted octanol–water partition coefficient (Wildman–Crippen LogP) is 2.61. The Kier molecular flexibility index (Phi) is 7.97. The van der Waals surface area contributed by atoms with Crippen LogP contribution in [-0.4, -0.2) is 70.0 Å². The van der Waals surface area contributed by atoms with E-state index in [-0.39, 0.29) is 29.2 Å². The molecule has 1 atom stereocenters. The van der Waals surface area contributed by atoms with Gasteiger partial charge in [0.05, 0.1) is 24.0 Å². The third kappa shape index (κ3) is 5.65. The number of para-hydroxylation sites is 1. The molecule has 1 aliphatic heterocycles. The standard InChI is InChI=1S/C24H35N5O4/c1-17(2)16-33-24(32)28-13-9-12-27(14-15-28)19(4)22(30)25-21-18(3)26(5)29(23(21)31)20-10-7-6-8-11-20/h6-8,10-11,17,19H,9,12-16H2,1-5H3,(H,25,30). The van der Waals surface area contributed by atoms with Crippen molar-refractivity contribution in [1.82, 2.24) is 19.2 Å². The minimum atomic E-state index is -0.444. The van der Waals surface area contributed by atoms with Gasteiger partial charge in [0, 0.05) is 33.2 Å². The van der Waals surface area contributed by atoms with Gasteiger partial charge in [-0.1, -0.05) is 32.0 Å². The van der Waals surface area contributed by atoms with Gasteiger partial charge in [0.1, 0.15) is 5.69 Å². The summed E-state index contributed by atoms with van der Waals surface area (Å²) in [4.78, 5) is 42.2. The van der Waals surface area contributed by atoms with Gasteiger partial charge in [0.15, 0.2) is 0 Å². The van der Waals surface area contributed by atoms with E-state index in [0.29, 0.717) is 38.5 Å². The van der Waals surface area contributed by atoms with Crippen molar-refractivity contribution in [3.63, 3.8) is 0 Å². The van der Waals surface area contributed by atoms with Crippen LogP contribution >= 0.6 is 0 Å². The molecule has 2 heterocycles. The lowest BCUT2D eigenvalue weighted by molar-refractivity contribution is -0.120. The molecule has 1 unspecified atom stereocenters. The first-order chi connectivity index (χ1) is 15.7. The zero-order chi connectivity index (χ0) is 24.1. The van der Waals surface area contributed by atoms with Crippen molar-refractivity contribution in [2.75, 3.05) is 38.1 Å². The van der Waals surface area contributed by atoms with Gasteiger partial charge in [-0.2, -0.15) is 0 Å². The summed E-state index contributed by atoms with van der Waals surface area (Å²) in [6.45, 7) is 10.4. The first-order valence-corrected chi connectivity index (χ1v) is 11.5. The smallest absolute Gasteiger partial charge is 0.409 e. The third-order valence-electron chi connectivity index (χ3n) is 6.06. The third-order valence-corrected chi connectivity index (χ3v) is 6.06. The van der Waals surface area contributed by atoms with Gasteiger partial charge in [0.2, 0.25) is 5.91 Å². The number of carbonyl (C=O) groups is 2. The van der Waals surface area contributed by atoms with Crippen LogP contribution in [-0.2, 0) is 16.6 Å². The number of aromatic nitrogens is 2. The molecule has 3 rings (SSSR count). The molecule has 9 nitrogen and oxygen atoms in total. The fraction of sp³-hybridized carbons (Fsp3) is 0.542. The van der Waals surface area contributed by atoms with E-state index in [1.54, 1.807) is 21.3 Å². The number of carbonyl (C=O) groups excluding carboxylic acids is 2. The summed E-state index contributed by atoms with van der Waals surface area (Å²) >= 11 is 0. The Labute approximate surface area is 194 Å². The van der Waals surface area contributed by atoms with Crippen molar-refractivity contribution in [2.45, 2.75) is 40.2 Å². The summed E-state index contributed by atoms with van der Waals surface area (Å²) < 4.78 is 8.63. The molecule has 0 aliphatic carbocycles. The number of amides is 2. The highest BCUT2D eigenvalue weighted by atomic mass is 16.6. The number of nitrogens with one attached hydrogen (secondary N) is 1. The molecule has 0 radical (unpaired) electrons. The molecule has 2 aromatic rings. The molecular weight excluding hydrogens is 422 g/mol. The maximum absolute atomic E-state index is 13.1. The SMILES string of the molecule is Cc1c(NC(=O)C(C)N2CCCN(C(=O)OCC(C)C)CC2)c(=O)n(-c2ccccc2)n1C. The second-order valence-corrected chi connectivity index (χ2v) is 8.95. The van der Waals surface area contributed by atoms with Crippen LogP contribution in [0.15, 0.2) is 35.1 Å². The summed E-state index contributed by atoms with van der Waals surface area (Å²) in [7, 11) is 1.80. The molecule has 2 amide bonds. The highest BCUT2D eigenvalue weighted by Gasteiger charge is 2.28. The van der Waals surface area contributed by atoms with Gasteiger partial charge >= 0.3 is 6.09 Å². The fourth-order valence-corrected chi connectivity index (χ4v) is 3.94. The minimum Gasteiger partial charge on any atom is -0.449 e. The second kappa shape index (κ2) is 10.7. The van der Waals surface area contributed by atoms with Gasteiger partial charge in [-0.25, -0.2) is 9.48 Å². The zero-order valence-electron chi connectivity index (χ0n) is 20.2. The Morgan fingerprint density at radius 2 is 1.76 bits per heavy atom. The van der Waals surface area contributed by atoms with Gasteiger partial charge < -0.3 is 15.0 Å². The van der Waals surface area contributed by atoms with Crippen LogP contribution in [0.1, 0.15) is 32.9 Å². The highest BCUT2D eigenvalue weighted by molar-refractivity contribution is 5.95. The average molecular weight is 458 g/mol. The van der Waals surface area contributed by atoms with Crippen molar-refractivity contribution in [3.05, 3.63) is 46.4 Å². The van der Waals surface area contributed by atoms with Crippen molar-refractivity contribution >= 4 is 17.7 Å². The Morgan fingerprint density at radius 1 is 1.06 bits per heavy atom. The van der Waals surface area contributed by atoms with E-state index in [1.807, 2.05) is 62.9 Å². The summed E-state index contributed by atoms with van der Waals surface area (Å²) in [5.74, 6) is 0.0471. The van der Waals surface area contributed by atoms with Gasteiger partial charge in [0.25, 0.3) is 5.56 Å². The van der Waals surface area contributed by atoms with Crippen LogP contribution in [0.2, 0.25) is 0 Å². The van der Waals surface area contributed by atoms with Crippen molar-refractivity contribution < 1.29 is 14.3 Å². The van der Waals surface area contributed by atoms with E-state index in [2.05, 4.69) is 5.32 Å². The second-order valence-electron chi connectivity index (χ2n) is 8.95. The fourth-order valence-electron chi connectivity index (χ4n) is 3.94. The van der Waals surface area contributed by atoms with Crippen LogP contribution < -0.4 is 10.9 Å². The molecule has 1 N–H and O–H groups in total. The summed E-state index contributed by atoms with van der Waals surface area (Å²) in [6, 6.07) is 8.88. The molecule has 1 fully saturated rings. The first kappa shape index (κ1) is 24.6. The van der Waals surface area contributed by atoms with E-state index in [0.717, 1.165) is 12.1 Å². The normalized spacial score (nSPS) is 15.9. The van der Waals surface area contributed by atoms with Crippen LogP contribution in [0, 0.1) is 12.8 Å². The molecule has 0 saturated carbocycles. The van der Waals surface area contributed by atoms with Crippen molar-refractivity contribution in [1.29, 1.82) is 0 Å². The van der Waals surface area contributed by atoms with E-state index < -0.39 is 6.04 Å². The summed E-state index contributed by atoms with van der Waals surface area (Å²) in [5, 5.41) is 2.85. The van der Waals surface area contributed by atoms with E-state index in [1.165, 1.54) is 0 Å². The van der Waals surface area contributed by atoms with Gasteiger partial charge in [-0.15, -0.1) is 0 Å². The Morgan fingerprint density at radius 3 is 2.42 bits per heavy atom. The molecule has 0 bridgehead atoms. The van der Waals surface area contributed by atoms with Crippen LogP contribution in [0.3, 0.4) is 0 Å². The number of hydrogen-bond donors (Lipinski definition) is 1. The molecule has 0 spiro atoms. The summed E-state index contributed by atoms with van der Waals surface area (Å²) in [5.41, 5.74) is 1.43. The number of anilines is 1. The maximum atomic E-state index is 13.1. The number of benzene rings is 1. The molecular formula is C24H35N5O4. The van der Waals surface area contributed by atoms with Crippen LogP contribution in [0.5, 0.6) is 0 Å². The van der Waals surface area contributed by atoms with Crippen LogP contribution in [0.25, 0.3) is 5.69 Å². The van der Waals surface area contributed by atoms with E-state index >= 15 is 0 Å². The van der Waals surface area contributed by atoms with Crippen molar-refractivity contribution in [3.8, 4) is 5.69 Å². The lowest BCUT2D eigenvalue weighted by atomic mass is 10.2. The lowest BCUT2D eigenvalue weighted by Crippen LogP contribution is -2.44. The largest absolute Gasteiger partial charge is 0.449 e. The van der Waals surface area contributed by atoms with E-state index in [9.17, 15) is 14.4 Å². The maximum Gasteiger partial charge on any atom is 0.409 e. The van der Waals surface area contributed by atoms with Gasteiger partial charge in [-0.05, 0) is 38.3 Å². The average Bonchev–Trinajstić information content (AvgIpc) is 2.98. The molecule has 33 heavy (non-hydrogen) atoms. The molecule has 180 valence electrons. The Bertz CT molecular complexity index is 1030. The van der Waals surface area contributed by atoms with Crippen LogP contribution in [0.4, 0.5) is 10.5 Å². The van der Waals surface area contributed by atoms with Crippen molar-refractivity contribution in [2.24, 2.45) is 13.0 Å². The number of ether oxygens (including phenoxy) is 1. The Balaban J connectivity index is 1.67. The highest BCUT2D eigenvalue weighted by Crippen LogP contribution is 2.16. The van der Waals surface area contributed by atoms with Gasteiger partial charge in [-0.3, -0.25) is 19.2 Å².